The zero-order chi connectivity index (χ0) is 13.2. The minimum Gasteiger partial charge on any atom is -0.313 e. The van der Waals surface area contributed by atoms with E-state index in [1.54, 1.807) is 0 Å². The molecule has 0 aliphatic rings. The van der Waals surface area contributed by atoms with Crippen molar-refractivity contribution in [2.45, 2.75) is 53.1 Å². The summed E-state index contributed by atoms with van der Waals surface area (Å²) in [7, 11) is 0. The molecule has 0 fully saturated rings. The van der Waals surface area contributed by atoms with Crippen LogP contribution in [0.1, 0.15) is 51.8 Å². The van der Waals surface area contributed by atoms with E-state index in [1.165, 1.54) is 16.2 Å². The highest BCUT2D eigenvalue weighted by Gasteiger charge is 2.30. The van der Waals surface area contributed by atoms with Gasteiger partial charge in [0.25, 0.3) is 0 Å². The summed E-state index contributed by atoms with van der Waals surface area (Å²) in [6, 6.07) is 8.45. The average molecular weight is 235 g/mol. The molecule has 0 amide bonds. The Kier molecular flexibility index (Phi) is 4.34. The number of hydrogen-bond donors (Lipinski definition) is 1. The van der Waals surface area contributed by atoms with E-state index in [1.807, 2.05) is 20.8 Å². The van der Waals surface area contributed by atoms with Gasteiger partial charge < -0.3 is 5.21 Å². The third-order valence-corrected chi connectivity index (χ3v) is 3.00. The number of aryl methyl sites for hydroxylation is 1. The van der Waals surface area contributed by atoms with Crippen molar-refractivity contribution in [2.24, 2.45) is 5.92 Å². The number of rotatable bonds is 3. The molecule has 1 unspecified atom stereocenters. The zero-order valence-corrected chi connectivity index (χ0v) is 11.9. The van der Waals surface area contributed by atoms with E-state index >= 15 is 0 Å². The van der Waals surface area contributed by atoms with Gasteiger partial charge in [-0.25, -0.2) is 0 Å². The highest BCUT2D eigenvalue weighted by atomic mass is 16.5. The minimum atomic E-state index is -0.250. The van der Waals surface area contributed by atoms with Crippen molar-refractivity contribution < 1.29 is 5.21 Å². The quantitative estimate of drug-likeness (QED) is 0.794. The predicted octanol–water partition coefficient (Wildman–Crippen LogP) is 4.18. The Labute approximate surface area is 105 Å². The topological polar surface area (TPSA) is 23.5 Å². The standard InChI is InChI=1S/C15H25NO/c1-11(2)14(16(17)15(4,5)6)13-9-7-12(3)8-10-13/h7-11,14,17H,1-6H3. The molecule has 1 rings (SSSR count). The van der Waals surface area contributed by atoms with E-state index in [0.29, 0.717) is 5.92 Å². The van der Waals surface area contributed by atoms with Crippen molar-refractivity contribution >= 4 is 0 Å². The summed E-state index contributed by atoms with van der Waals surface area (Å²) in [6.45, 7) is 12.4. The second kappa shape index (κ2) is 5.19. The van der Waals surface area contributed by atoms with Crippen LogP contribution in [0.2, 0.25) is 0 Å². The fraction of sp³-hybridized carbons (Fsp3) is 0.600. The number of nitrogens with zero attached hydrogens (tertiary/aromatic N) is 1. The first-order valence-corrected chi connectivity index (χ1v) is 6.28. The van der Waals surface area contributed by atoms with Gasteiger partial charge in [-0.3, -0.25) is 0 Å². The molecule has 1 N–H and O–H groups in total. The van der Waals surface area contributed by atoms with Gasteiger partial charge in [-0.05, 0) is 39.2 Å². The number of benzene rings is 1. The van der Waals surface area contributed by atoms with Crippen LogP contribution in [0.15, 0.2) is 24.3 Å². The smallest absolute Gasteiger partial charge is 0.0628 e. The van der Waals surface area contributed by atoms with Gasteiger partial charge in [0.15, 0.2) is 0 Å². The van der Waals surface area contributed by atoms with Crippen LogP contribution in [0.25, 0.3) is 0 Å². The molecular formula is C15H25NO. The fourth-order valence-corrected chi connectivity index (χ4v) is 1.99. The van der Waals surface area contributed by atoms with Crippen LogP contribution in [0, 0.1) is 12.8 Å². The average Bonchev–Trinajstić information content (AvgIpc) is 2.19. The van der Waals surface area contributed by atoms with Crippen molar-refractivity contribution in [3.63, 3.8) is 0 Å². The van der Waals surface area contributed by atoms with Crippen molar-refractivity contribution in [2.75, 3.05) is 0 Å². The summed E-state index contributed by atoms with van der Waals surface area (Å²) in [5, 5.41) is 11.8. The molecule has 0 aliphatic carbocycles. The van der Waals surface area contributed by atoms with E-state index in [9.17, 15) is 5.21 Å². The van der Waals surface area contributed by atoms with Gasteiger partial charge in [-0.15, -0.1) is 0 Å². The van der Waals surface area contributed by atoms with Crippen LogP contribution in [-0.4, -0.2) is 15.8 Å². The largest absolute Gasteiger partial charge is 0.313 e. The lowest BCUT2D eigenvalue weighted by molar-refractivity contribution is -0.199. The van der Waals surface area contributed by atoms with Gasteiger partial charge in [0.2, 0.25) is 0 Å². The molecule has 1 aromatic carbocycles. The van der Waals surface area contributed by atoms with E-state index in [4.69, 9.17) is 0 Å². The summed E-state index contributed by atoms with van der Waals surface area (Å²) >= 11 is 0. The van der Waals surface area contributed by atoms with Gasteiger partial charge in [0.05, 0.1) is 6.04 Å². The Morgan fingerprint density at radius 1 is 1.06 bits per heavy atom. The van der Waals surface area contributed by atoms with Gasteiger partial charge >= 0.3 is 0 Å². The Morgan fingerprint density at radius 2 is 1.53 bits per heavy atom. The second-order valence-corrected chi connectivity index (χ2v) is 6.11. The maximum atomic E-state index is 10.4. The highest BCUT2D eigenvalue weighted by Crippen LogP contribution is 2.32. The zero-order valence-electron chi connectivity index (χ0n) is 11.9. The maximum absolute atomic E-state index is 10.4. The summed E-state index contributed by atoms with van der Waals surface area (Å²) in [4.78, 5) is 0. The Hall–Kier alpha value is -0.860. The summed E-state index contributed by atoms with van der Waals surface area (Å²) in [5.74, 6) is 0.363. The van der Waals surface area contributed by atoms with Crippen LogP contribution in [0.3, 0.4) is 0 Å². The number of hydroxylamine groups is 2. The second-order valence-electron chi connectivity index (χ2n) is 6.11. The van der Waals surface area contributed by atoms with Crippen molar-refractivity contribution in [3.05, 3.63) is 35.4 Å². The molecule has 0 aromatic heterocycles. The molecule has 0 aliphatic heterocycles. The molecule has 0 spiro atoms. The van der Waals surface area contributed by atoms with Gasteiger partial charge in [-0.2, -0.15) is 5.06 Å². The lowest BCUT2D eigenvalue weighted by atomic mass is 9.92. The molecular weight excluding hydrogens is 210 g/mol. The molecule has 1 aromatic rings. The van der Waals surface area contributed by atoms with Crippen LogP contribution >= 0.6 is 0 Å². The molecule has 0 radical (unpaired) electrons. The first-order chi connectivity index (χ1) is 7.73. The first-order valence-electron chi connectivity index (χ1n) is 6.28. The van der Waals surface area contributed by atoms with Crippen LogP contribution in [-0.2, 0) is 0 Å². The van der Waals surface area contributed by atoms with E-state index < -0.39 is 0 Å². The maximum Gasteiger partial charge on any atom is 0.0628 e. The van der Waals surface area contributed by atoms with E-state index in [0.717, 1.165) is 0 Å². The number of hydrogen-bond acceptors (Lipinski definition) is 2. The molecule has 1 atom stereocenters. The van der Waals surface area contributed by atoms with Crippen molar-refractivity contribution in [1.82, 2.24) is 5.06 Å². The minimum absolute atomic E-state index is 0.0376. The Bertz CT molecular complexity index is 348. The van der Waals surface area contributed by atoms with Crippen molar-refractivity contribution in [1.29, 1.82) is 0 Å². The summed E-state index contributed by atoms with van der Waals surface area (Å²) in [5.41, 5.74) is 2.17. The lowest BCUT2D eigenvalue weighted by Crippen LogP contribution is -2.43. The highest BCUT2D eigenvalue weighted by molar-refractivity contribution is 5.24. The molecule has 96 valence electrons. The monoisotopic (exact) mass is 235 g/mol. The van der Waals surface area contributed by atoms with Crippen LogP contribution < -0.4 is 0 Å². The first kappa shape index (κ1) is 14.2. The Balaban J connectivity index is 3.06. The van der Waals surface area contributed by atoms with Crippen LogP contribution in [0.5, 0.6) is 0 Å². The third-order valence-electron chi connectivity index (χ3n) is 3.00. The van der Waals surface area contributed by atoms with Crippen LogP contribution in [0.4, 0.5) is 0 Å². The lowest BCUT2D eigenvalue weighted by Gasteiger charge is -2.38. The third kappa shape index (κ3) is 3.55. The van der Waals surface area contributed by atoms with Gasteiger partial charge in [0, 0.05) is 5.54 Å². The summed E-state index contributed by atoms with van der Waals surface area (Å²) < 4.78 is 0. The molecule has 0 saturated carbocycles. The molecule has 2 heteroatoms. The molecule has 0 bridgehead atoms. The normalized spacial score (nSPS) is 14.4. The van der Waals surface area contributed by atoms with E-state index in [2.05, 4.69) is 45.0 Å². The fourth-order valence-electron chi connectivity index (χ4n) is 1.99. The molecule has 0 saturated heterocycles. The Morgan fingerprint density at radius 3 is 1.88 bits per heavy atom. The summed E-state index contributed by atoms with van der Waals surface area (Å²) in [6.07, 6.45) is 0. The predicted molar refractivity (Wildman–Crippen MR) is 72.1 cm³/mol. The van der Waals surface area contributed by atoms with E-state index in [-0.39, 0.29) is 11.6 Å². The van der Waals surface area contributed by atoms with Crippen molar-refractivity contribution in [3.8, 4) is 0 Å². The van der Waals surface area contributed by atoms with Gasteiger partial charge in [0.1, 0.15) is 0 Å². The molecule has 2 nitrogen and oxygen atoms in total. The van der Waals surface area contributed by atoms with Gasteiger partial charge in [-0.1, -0.05) is 43.7 Å². The molecule has 0 heterocycles. The molecule has 17 heavy (non-hydrogen) atoms. The SMILES string of the molecule is Cc1ccc(C(C(C)C)N(O)C(C)(C)C)cc1.